The largest absolute Gasteiger partial charge is 0.316 e. The van der Waals surface area contributed by atoms with Crippen LogP contribution in [0.2, 0.25) is 0 Å². The molecule has 1 aromatic heterocycles. The first kappa shape index (κ1) is 12.9. The van der Waals surface area contributed by atoms with Crippen LogP contribution < -0.4 is 5.32 Å². The molecule has 0 bridgehead atoms. The molecule has 0 radical (unpaired) electrons. The summed E-state index contributed by atoms with van der Waals surface area (Å²) in [5.41, 5.74) is 4.36. The highest BCUT2D eigenvalue weighted by Crippen LogP contribution is 2.24. The summed E-state index contributed by atoms with van der Waals surface area (Å²) in [6.07, 6.45) is 3.85. The van der Waals surface area contributed by atoms with Gasteiger partial charge in [-0.25, -0.2) is 0 Å². The van der Waals surface area contributed by atoms with Gasteiger partial charge in [-0.3, -0.25) is 4.79 Å². The number of hydrogen-bond acceptors (Lipinski definition) is 3. The third-order valence-corrected chi connectivity index (χ3v) is 4.40. The van der Waals surface area contributed by atoms with Gasteiger partial charge in [-0.1, -0.05) is 18.2 Å². The van der Waals surface area contributed by atoms with Crippen molar-refractivity contribution in [1.29, 1.82) is 5.26 Å². The Morgan fingerprint density at radius 2 is 2.15 bits per heavy atom. The van der Waals surface area contributed by atoms with Crippen molar-refractivity contribution in [2.45, 2.75) is 25.7 Å². The molecule has 0 unspecified atom stereocenters. The zero-order chi connectivity index (χ0) is 13.9. The maximum atomic E-state index is 12.0. The molecule has 1 aliphatic carbocycles. The number of fused-ring (bicyclic) bond motifs is 1. The standard InChI is InChI=1S/C16H14N2OS/c17-10-14-6-7-20-16(14)18-15(19)9-11-4-5-12-2-1-3-13(12)8-11/h4-8H,1-3,9H2,(H,18,19). The Labute approximate surface area is 121 Å². The van der Waals surface area contributed by atoms with Crippen LogP contribution in [0.1, 0.15) is 28.7 Å². The molecule has 0 aliphatic heterocycles. The number of aryl methyl sites for hydroxylation is 2. The van der Waals surface area contributed by atoms with Crippen LogP contribution in [0.25, 0.3) is 0 Å². The van der Waals surface area contributed by atoms with Gasteiger partial charge in [0, 0.05) is 0 Å². The van der Waals surface area contributed by atoms with Gasteiger partial charge in [0.2, 0.25) is 5.91 Å². The van der Waals surface area contributed by atoms with Crippen molar-refractivity contribution in [2.24, 2.45) is 0 Å². The van der Waals surface area contributed by atoms with E-state index in [-0.39, 0.29) is 5.91 Å². The molecule has 3 nitrogen and oxygen atoms in total. The average molecular weight is 282 g/mol. The third kappa shape index (κ3) is 2.59. The van der Waals surface area contributed by atoms with Gasteiger partial charge in [-0.05, 0) is 47.4 Å². The third-order valence-electron chi connectivity index (χ3n) is 3.57. The SMILES string of the molecule is N#Cc1ccsc1NC(=O)Cc1ccc2c(c1)CCC2. The predicted octanol–water partition coefficient (Wildman–Crippen LogP) is 3.29. The van der Waals surface area contributed by atoms with Crippen molar-refractivity contribution in [3.05, 3.63) is 51.9 Å². The van der Waals surface area contributed by atoms with Crippen LogP contribution in [0.5, 0.6) is 0 Å². The maximum absolute atomic E-state index is 12.0. The molecule has 0 spiro atoms. The highest BCUT2D eigenvalue weighted by molar-refractivity contribution is 7.14. The molecule has 1 N–H and O–H groups in total. The van der Waals surface area contributed by atoms with E-state index in [0.29, 0.717) is 17.0 Å². The van der Waals surface area contributed by atoms with Crippen LogP contribution >= 0.6 is 11.3 Å². The highest BCUT2D eigenvalue weighted by atomic mass is 32.1. The van der Waals surface area contributed by atoms with Gasteiger partial charge in [0.25, 0.3) is 0 Å². The Morgan fingerprint density at radius 3 is 3.00 bits per heavy atom. The molecule has 0 atom stereocenters. The van der Waals surface area contributed by atoms with Crippen LogP contribution in [-0.4, -0.2) is 5.91 Å². The summed E-state index contributed by atoms with van der Waals surface area (Å²) in [5, 5.41) is 14.2. The van der Waals surface area contributed by atoms with Crippen LogP contribution in [0.4, 0.5) is 5.00 Å². The first-order chi connectivity index (χ1) is 9.76. The summed E-state index contributed by atoms with van der Waals surface area (Å²) in [4.78, 5) is 12.0. The Morgan fingerprint density at radius 1 is 1.30 bits per heavy atom. The molecule has 1 amide bonds. The summed E-state index contributed by atoms with van der Waals surface area (Å²) in [6, 6.07) is 10.1. The van der Waals surface area contributed by atoms with E-state index < -0.39 is 0 Å². The Bertz CT molecular complexity index is 697. The van der Waals surface area contributed by atoms with Crippen LogP contribution in [0.3, 0.4) is 0 Å². The molecule has 100 valence electrons. The molecule has 0 fully saturated rings. The predicted molar refractivity (Wildman–Crippen MR) is 79.8 cm³/mol. The topological polar surface area (TPSA) is 52.9 Å². The first-order valence-corrected chi connectivity index (χ1v) is 7.52. The number of hydrogen-bond donors (Lipinski definition) is 1. The lowest BCUT2D eigenvalue weighted by Gasteiger charge is -2.06. The monoisotopic (exact) mass is 282 g/mol. The number of amides is 1. The minimum atomic E-state index is -0.0677. The van der Waals surface area contributed by atoms with Gasteiger partial charge in [-0.15, -0.1) is 11.3 Å². The second-order valence-electron chi connectivity index (χ2n) is 4.96. The van der Waals surface area contributed by atoms with Crippen LogP contribution in [0, 0.1) is 11.3 Å². The van der Waals surface area contributed by atoms with Gasteiger partial charge < -0.3 is 5.32 Å². The van der Waals surface area contributed by atoms with E-state index in [1.165, 1.54) is 28.9 Å². The van der Waals surface area contributed by atoms with E-state index in [1.807, 2.05) is 11.4 Å². The number of rotatable bonds is 3. The molecule has 1 aliphatic rings. The number of benzene rings is 1. The lowest BCUT2D eigenvalue weighted by molar-refractivity contribution is -0.115. The smallest absolute Gasteiger partial charge is 0.229 e. The minimum absolute atomic E-state index is 0.0677. The normalized spacial score (nSPS) is 12.8. The molecule has 0 saturated carbocycles. The van der Waals surface area contributed by atoms with E-state index in [9.17, 15) is 4.79 Å². The summed E-state index contributed by atoms with van der Waals surface area (Å²) < 4.78 is 0. The summed E-state index contributed by atoms with van der Waals surface area (Å²) in [6.45, 7) is 0. The number of nitriles is 1. The van der Waals surface area contributed by atoms with E-state index in [0.717, 1.165) is 18.4 Å². The van der Waals surface area contributed by atoms with Crippen molar-refractivity contribution in [1.82, 2.24) is 0 Å². The molecule has 0 saturated heterocycles. The maximum Gasteiger partial charge on any atom is 0.229 e. The van der Waals surface area contributed by atoms with E-state index >= 15 is 0 Å². The Balaban J connectivity index is 1.69. The van der Waals surface area contributed by atoms with Crippen molar-refractivity contribution >= 4 is 22.2 Å². The highest BCUT2D eigenvalue weighted by Gasteiger charge is 2.13. The Hall–Kier alpha value is -2.12. The fraction of sp³-hybridized carbons (Fsp3) is 0.250. The molecular weight excluding hydrogens is 268 g/mol. The number of carbonyl (C=O) groups is 1. The fourth-order valence-electron chi connectivity index (χ4n) is 2.59. The number of anilines is 1. The molecule has 1 aromatic carbocycles. The van der Waals surface area contributed by atoms with Gasteiger partial charge in [0.05, 0.1) is 12.0 Å². The zero-order valence-corrected chi connectivity index (χ0v) is 11.8. The second-order valence-corrected chi connectivity index (χ2v) is 5.87. The lowest BCUT2D eigenvalue weighted by atomic mass is 10.0. The summed E-state index contributed by atoms with van der Waals surface area (Å²) >= 11 is 1.38. The Kier molecular flexibility index (Phi) is 3.53. The minimum Gasteiger partial charge on any atom is -0.316 e. The van der Waals surface area contributed by atoms with Crippen molar-refractivity contribution < 1.29 is 4.79 Å². The number of carbonyl (C=O) groups excluding carboxylic acids is 1. The summed E-state index contributed by atoms with van der Waals surface area (Å²) in [7, 11) is 0. The lowest BCUT2D eigenvalue weighted by Crippen LogP contribution is -2.14. The molecule has 1 heterocycles. The molecule has 4 heteroatoms. The molecule has 2 aromatic rings. The van der Waals surface area contributed by atoms with E-state index in [1.54, 1.807) is 6.07 Å². The van der Waals surface area contributed by atoms with Crippen molar-refractivity contribution in [3.63, 3.8) is 0 Å². The zero-order valence-electron chi connectivity index (χ0n) is 11.0. The molecule has 3 rings (SSSR count). The van der Waals surface area contributed by atoms with Crippen LogP contribution in [-0.2, 0) is 24.1 Å². The van der Waals surface area contributed by atoms with E-state index in [4.69, 9.17) is 5.26 Å². The van der Waals surface area contributed by atoms with Crippen molar-refractivity contribution in [2.75, 3.05) is 5.32 Å². The van der Waals surface area contributed by atoms with Gasteiger partial charge >= 0.3 is 0 Å². The number of nitrogens with one attached hydrogen (secondary N) is 1. The quantitative estimate of drug-likeness (QED) is 0.939. The first-order valence-electron chi connectivity index (χ1n) is 6.64. The van der Waals surface area contributed by atoms with E-state index in [2.05, 4.69) is 23.5 Å². The van der Waals surface area contributed by atoms with Crippen molar-refractivity contribution in [3.8, 4) is 6.07 Å². The molecular formula is C16H14N2OS. The summed E-state index contributed by atoms with van der Waals surface area (Å²) in [5.74, 6) is -0.0677. The van der Waals surface area contributed by atoms with Crippen LogP contribution in [0.15, 0.2) is 29.6 Å². The average Bonchev–Trinajstić information content (AvgIpc) is 3.06. The van der Waals surface area contributed by atoms with Gasteiger partial charge in [0.15, 0.2) is 0 Å². The number of thiophene rings is 1. The van der Waals surface area contributed by atoms with Gasteiger partial charge in [0.1, 0.15) is 11.1 Å². The number of nitrogens with zero attached hydrogens (tertiary/aromatic N) is 1. The fourth-order valence-corrected chi connectivity index (χ4v) is 3.34. The second kappa shape index (κ2) is 5.48. The van der Waals surface area contributed by atoms with Gasteiger partial charge in [-0.2, -0.15) is 5.26 Å². The molecule has 20 heavy (non-hydrogen) atoms.